The highest BCUT2D eigenvalue weighted by Crippen LogP contribution is 2.34. The first-order valence-electron chi connectivity index (χ1n) is 6.71. The number of fused-ring (bicyclic) bond motifs is 1. The maximum Gasteiger partial charge on any atom is 0.324 e. The average Bonchev–Trinajstić information content (AvgIpc) is 3.22. The lowest BCUT2D eigenvalue weighted by atomic mass is 10.1. The summed E-state index contributed by atoms with van der Waals surface area (Å²) >= 11 is 3.15. The van der Waals surface area contributed by atoms with Crippen LogP contribution in [0.15, 0.2) is 35.0 Å². The lowest BCUT2D eigenvalue weighted by molar-refractivity contribution is -0.125. The van der Waals surface area contributed by atoms with Crippen LogP contribution in [0.4, 0.5) is 4.79 Å². The van der Waals surface area contributed by atoms with Crippen molar-refractivity contribution >= 4 is 44.7 Å². The van der Waals surface area contributed by atoms with E-state index >= 15 is 0 Å². The largest absolute Gasteiger partial charge is 0.329 e. The number of hydrogen-bond donors (Lipinski definition) is 1. The Morgan fingerprint density at radius 1 is 1.18 bits per heavy atom. The zero-order chi connectivity index (χ0) is 15.1. The molecule has 1 saturated heterocycles. The van der Waals surface area contributed by atoms with Crippen LogP contribution in [0.2, 0.25) is 0 Å². The molecule has 22 heavy (non-hydrogen) atoms. The number of hydrogen-bond acceptors (Lipinski definition) is 5. The van der Waals surface area contributed by atoms with Gasteiger partial charge >= 0.3 is 6.03 Å². The smallest absolute Gasteiger partial charge is 0.324 e. The standard InChI is InChI=1S/C15H11N3O2S2/c19-14-5-16-15(20)18(14)6-13-17-11(8-22-13)10-7-21-12-4-2-1-3-9(10)12/h1-4,7-8H,5-6H2,(H,16,20). The quantitative estimate of drug-likeness (QED) is 0.751. The van der Waals surface area contributed by atoms with Crippen LogP contribution in [0, 0.1) is 0 Å². The summed E-state index contributed by atoms with van der Waals surface area (Å²) in [7, 11) is 0. The Hall–Kier alpha value is -2.25. The van der Waals surface area contributed by atoms with Gasteiger partial charge in [-0.05, 0) is 6.07 Å². The maximum atomic E-state index is 11.6. The number of urea groups is 1. The van der Waals surface area contributed by atoms with Gasteiger partial charge < -0.3 is 5.32 Å². The summed E-state index contributed by atoms with van der Waals surface area (Å²) in [6.07, 6.45) is 0. The summed E-state index contributed by atoms with van der Waals surface area (Å²) in [4.78, 5) is 29.0. The molecule has 3 aromatic rings. The molecule has 1 aliphatic rings. The molecule has 110 valence electrons. The van der Waals surface area contributed by atoms with Gasteiger partial charge in [-0.15, -0.1) is 22.7 Å². The van der Waals surface area contributed by atoms with E-state index in [0.717, 1.165) is 16.3 Å². The number of thiophene rings is 1. The van der Waals surface area contributed by atoms with Crippen molar-refractivity contribution in [3.63, 3.8) is 0 Å². The summed E-state index contributed by atoms with van der Waals surface area (Å²) in [5.74, 6) is -0.206. The third-order valence-electron chi connectivity index (χ3n) is 3.54. The van der Waals surface area contributed by atoms with E-state index in [1.165, 1.54) is 26.3 Å². The van der Waals surface area contributed by atoms with Crippen molar-refractivity contribution in [1.82, 2.24) is 15.2 Å². The van der Waals surface area contributed by atoms with Gasteiger partial charge in [0.25, 0.3) is 0 Å². The fourth-order valence-electron chi connectivity index (χ4n) is 2.43. The number of benzene rings is 1. The van der Waals surface area contributed by atoms with Crippen LogP contribution in [-0.2, 0) is 11.3 Å². The highest BCUT2D eigenvalue weighted by Gasteiger charge is 2.29. The molecule has 1 fully saturated rings. The molecule has 1 aromatic carbocycles. The van der Waals surface area contributed by atoms with Crippen molar-refractivity contribution in [2.75, 3.05) is 6.54 Å². The number of nitrogens with zero attached hydrogens (tertiary/aromatic N) is 2. The molecule has 3 amide bonds. The van der Waals surface area contributed by atoms with Gasteiger partial charge in [-0.2, -0.15) is 0 Å². The molecule has 2 aromatic heterocycles. The first kappa shape index (κ1) is 13.4. The molecule has 0 aliphatic carbocycles. The zero-order valence-corrected chi connectivity index (χ0v) is 13.0. The average molecular weight is 329 g/mol. The Morgan fingerprint density at radius 3 is 2.86 bits per heavy atom. The van der Waals surface area contributed by atoms with E-state index in [9.17, 15) is 9.59 Å². The van der Waals surface area contributed by atoms with Crippen LogP contribution in [-0.4, -0.2) is 28.4 Å². The fourth-order valence-corrected chi connectivity index (χ4v) is 4.17. The predicted molar refractivity (Wildman–Crippen MR) is 86.9 cm³/mol. The second-order valence-electron chi connectivity index (χ2n) is 4.91. The van der Waals surface area contributed by atoms with Crippen molar-refractivity contribution in [1.29, 1.82) is 0 Å². The van der Waals surface area contributed by atoms with Gasteiger partial charge in [0.2, 0.25) is 5.91 Å². The van der Waals surface area contributed by atoms with Crippen molar-refractivity contribution in [3.05, 3.63) is 40.0 Å². The van der Waals surface area contributed by atoms with Gasteiger partial charge in [0.1, 0.15) is 5.01 Å². The molecule has 1 N–H and O–H groups in total. The summed E-state index contributed by atoms with van der Waals surface area (Å²) in [5.41, 5.74) is 1.99. The van der Waals surface area contributed by atoms with E-state index in [1.54, 1.807) is 11.3 Å². The van der Waals surface area contributed by atoms with Crippen LogP contribution >= 0.6 is 22.7 Å². The van der Waals surface area contributed by atoms with Crippen molar-refractivity contribution in [3.8, 4) is 11.3 Å². The Balaban J connectivity index is 1.64. The van der Waals surface area contributed by atoms with Gasteiger partial charge in [-0.25, -0.2) is 9.78 Å². The number of imide groups is 1. The highest BCUT2D eigenvalue weighted by atomic mass is 32.1. The number of aromatic nitrogens is 1. The minimum Gasteiger partial charge on any atom is -0.329 e. The maximum absolute atomic E-state index is 11.6. The van der Waals surface area contributed by atoms with Gasteiger partial charge in [-0.1, -0.05) is 18.2 Å². The van der Waals surface area contributed by atoms with Crippen molar-refractivity contribution in [2.24, 2.45) is 0 Å². The monoisotopic (exact) mass is 329 g/mol. The number of carbonyl (C=O) groups excluding carboxylic acids is 2. The number of amides is 3. The molecule has 0 radical (unpaired) electrons. The lowest BCUT2D eigenvalue weighted by Gasteiger charge is -2.09. The minimum absolute atomic E-state index is 0.0756. The molecule has 4 rings (SSSR count). The molecular weight excluding hydrogens is 318 g/mol. The van der Waals surface area contributed by atoms with E-state index < -0.39 is 0 Å². The molecule has 0 spiro atoms. The molecule has 7 heteroatoms. The molecule has 1 aliphatic heterocycles. The molecule has 0 bridgehead atoms. The van der Waals surface area contributed by atoms with E-state index in [2.05, 4.69) is 27.8 Å². The number of rotatable bonds is 3. The normalized spacial score (nSPS) is 14.8. The van der Waals surface area contributed by atoms with E-state index in [4.69, 9.17) is 0 Å². The zero-order valence-electron chi connectivity index (χ0n) is 11.4. The molecular formula is C15H11N3O2S2. The van der Waals surface area contributed by atoms with Gasteiger partial charge in [0.05, 0.1) is 18.8 Å². The van der Waals surface area contributed by atoms with Crippen molar-refractivity contribution < 1.29 is 9.59 Å². The third kappa shape index (κ3) is 2.18. The Kier molecular flexibility index (Phi) is 3.16. The highest BCUT2D eigenvalue weighted by molar-refractivity contribution is 7.17. The molecule has 0 saturated carbocycles. The first-order valence-corrected chi connectivity index (χ1v) is 8.47. The summed E-state index contributed by atoms with van der Waals surface area (Å²) in [6, 6.07) is 7.86. The third-order valence-corrected chi connectivity index (χ3v) is 5.34. The molecule has 0 unspecified atom stereocenters. The predicted octanol–water partition coefficient (Wildman–Crippen LogP) is 3.08. The van der Waals surface area contributed by atoms with Gasteiger partial charge in [0, 0.05) is 26.4 Å². The van der Waals surface area contributed by atoms with Crippen LogP contribution in [0.1, 0.15) is 5.01 Å². The molecule has 5 nitrogen and oxygen atoms in total. The van der Waals surface area contributed by atoms with E-state index in [-0.39, 0.29) is 25.0 Å². The topological polar surface area (TPSA) is 62.3 Å². The lowest BCUT2D eigenvalue weighted by Crippen LogP contribution is -2.30. The molecule has 0 atom stereocenters. The van der Waals surface area contributed by atoms with Crippen LogP contribution in [0.25, 0.3) is 21.3 Å². The van der Waals surface area contributed by atoms with Gasteiger partial charge in [-0.3, -0.25) is 9.69 Å². The fraction of sp³-hybridized carbons (Fsp3) is 0.133. The summed E-state index contributed by atoms with van der Waals surface area (Å²) in [5, 5.41) is 8.52. The summed E-state index contributed by atoms with van der Waals surface area (Å²) in [6.45, 7) is 0.309. The minimum atomic E-state index is -0.345. The van der Waals surface area contributed by atoms with Crippen LogP contribution in [0.5, 0.6) is 0 Å². The second kappa shape index (κ2) is 5.19. The first-order chi connectivity index (χ1) is 10.7. The number of carbonyl (C=O) groups is 2. The van der Waals surface area contributed by atoms with Crippen LogP contribution in [0.3, 0.4) is 0 Å². The number of nitrogens with one attached hydrogen (secondary N) is 1. The van der Waals surface area contributed by atoms with Crippen molar-refractivity contribution in [2.45, 2.75) is 6.54 Å². The van der Waals surface area contributed by atoms with E-state index in [1.807, 2.05) is 17.5 Å². The Morgan fingerprint density at radius 2 is 2.05 bits per heavy atom. The second-order valence-corrected chi connectivity index (χ2v) is 6.76. The van der Waals surface area contributed by atoms with E-state index in [0.29, 0.717) is 0 Å². The Labute approximate surface area is 134 Å². The Bertz CT molecular complexity index is 868. The van der Waals surface area contributed by atoms with Crippen LogP contribution < -0.4 is 5.32 Å². The van der Waals surface area contributed by atoms with Gasteiger partial charge in [0.15, 0.2) is 0 Å². The summed E-state index contributed by atoms with van der Waals surface area (Å²) < 4.78 is 1.22. The number of thiazole rings is 1. The molecule has 3 heterocycles. The SMILES string of the molecule is O=C1CNC(=O)N1Cc1nc(-c2csc3ccccc23)cs1.